The van der Waals surface area contributed by atoms with Crippen molar-refractivity contribution in [2.45, 2.75) is 12.5 Å². The Bertz CT molecular complexity index is 471. The molecule has 3 nitrogen and oxygen atoms in total. The lowest BCUT2D eigenvalue weighted by atomic mass is 10.0. The van der Waals surface area contributed by atoms with Gasteiger partial charge in [0, 0.05) is 18.4 Å². The number of hydrogen-bond acceptors (Lipinski definition) is 3. The van der Waals surface area contributed by atoms with Gasteiger partial charge in [-0.15, -0.1) is 0 Å². The topological polar surface area (TPSA) is 48.1 Å². The summed E-state index contributed by atoms with van der Waals surface area (Å²) in [5.74, 6) is 0.865. The Morgan fingerprint density at radius 3 is 2.71 bits per heavy atom. The highest BCUT2D eigenvalue weighted by Crippen LogP contribution is 2.18. The van der Waals surface area contributed by atoms with E-state index in [2.05, 4.69) is 11.1 Å². The Labute approximate surface area is 101 Å². The molecule has 0 bridgehead atoms. The minimum atomic E-state index is -0.00916. The molecule has 0 radical (unpaired) electrons. The van der Waals surface area contributed by atoms with E-state index in [1.54, 1.807) is 19.5 Å². The highest BCUT2D eigenvalue weighted by molar-refractivity contribution is 5.30. The van der Waals surface area contributed by atoms with Gasteiger partial charge in [-0.1, -0.05) is 12.1 Å². The van der Waals surface area contributed by atoms with Crippen LogP contribution in [0, 0.1) is 0 Å². The maximum Gasteiger partial charge on any atom is 0.119 e. The zero-order chi connectivity index (χ0) is 12.1. The third kappa shape index (κ3) is 3.04. The third-order valence-corrected chi connectivity index (χ3v) is 2.72. The van der Waals surface area contributed by atoms with Gasteiger partial charge in [0.15, 0.2) is 0 Å². The van der Waals surface area contributed by atoms with Crippen molar-refractivity contribution in [1.29, 1.82) is 0 Å². The van der Waals surface area contributed by atoms with Crippen molar-refractivity contribution < 1.29 is 4.74 Å². The second-order valence-electron chi connectivity index (χ2n) is 3.94. The van der Waals surface area contributed by atoms with Crippen LogP contribution in [0.4, 0.5) is 0 Å². The summed E-state index contributed by atoms with van der Waals surface area (Å²) in [6, 6.07) is 11.9. The fraction of sp³-hybridized carbons (Fsp3) is 0.214. The standard InChI is InChI=1S/C14H16N2O/c1-17-13-4-2-3-11(9-13)10-14(15)12-5-7-16-8-6-12/h2-9,14H,10,15H2,1H3. The highest BCUT2D eigenvalue weighted by atomic mass is 16.5. The van der Waals surface area contributed by atoms with Crippen LogP contribution in [0.1, 0.15) is 17.2 Å². The molecular formula is C14H16N2O. The Morgan fingerprint density at radius 2 is 2.00 bits per heavy atom. The van der Waals surface area contributed by atoms with Crippen LogP contribution >= 0.6 is 0 Å². The number of aromatic nitrogens is 1. The maximum atomic E-state index is 6.15. The molecule has 1 aromatic heterocycles. The molecule has 0 fully saturated rings. The van der Waals surface area contributed by atoms with Gasteiger partial charge in [-0.3, -0.25) is 4.98 Å². The summed E-state index contributed by atoms with van der Waals surface area (Å²) in [6.45, 7) is 0. The van der Waals surface area contributed by atoms with Gasteiger partial charge >= 0.3 is 0 Å². The zero-order valence-electron chi connectivity index (χ0n) is 9.84. The van der Waals surface area contributed by atoms with Gasteiger partial charge in [0.25, 0.3) is 0 Å². The highest BCUT2D eigenvalue weighted by Gasteiger charge is 2.07. The predicted molar refractivity (Wildman–Crippen MR) is 67.9 cm³/mol. The maximum absolute atomic E-state index is 6.15. The molecule has 1 aromatic carbocycles. The first kappa shape index (κ1) is 11.6. The first-order valence-electron chi connectivity index (χ1n) is 5.58. The number of pyridine rings is 1. The quantitative estimate of drug-likeness (QED) is 0.873. The number of hydrogen-bond donors (Lipinski definition) is 1. The van der Waals surface area contributed by atoms with Gasteiger partial charge in [-0.25, -0.2) is 0 Å². The van der Waals surface area contributed by atoms with Crippen LogP contribution in [0.2, 0.25) is 0 Å². The van der Waals surface area contributed by atoms with E-state index in [-0.39, 0.29) is 6.04 Å². The van der Waals surface area contributed by atoms with Gasteiger partial charge in [-0.2, -0.15) is 0 Å². The molecule has 17 heavy (non-hydrogen) atoms. The van der Waals surface area contributed by atoms with Crippen LogP contribution in [0.3, 0.4) is 0 Å². The molecule has 2 rings (SSSR count). The summed E-state index contributed by atoms with van der Waals surface area (Å²) in [4.78, 5) is 3.99. The van der Waals surface area contributed by atoms with E-state index in [9.17, 15) is 0 Å². The molecule has 0 amide bonds. The number of nitrogens with zero attached hydrogens (tertiary/aromatic N) is 1. The molecular weight excluding hydrogens is 212 g/mol. The van der Waals surface area contributed by atoms with Gasteiger partial charge in [0.2, 0.25) is 0 Å². The van der Waals surface area contributed by atoms with Crippen molar-refractivity contribution in [1.82, 2.24) is 4.98 Å². The Balaban J connectivity index is 2.10. The lowest BCUT2D eigenvalue weighted by Crippen LogP contribution is -2.13. The number of methoxy groups -OCH3 is 1. The molecule has 1 atom stereocenters. The second-order valence-corrected chi connectivity index (χ2v) is 3.94. The van der Waals surface area contributed by atoms with Crippen LogP contribution in [0.5, 0.6) is 5.75 Å². The Kier molecular flexibility index (Phi) is 3.73. The van der Waals surface area contributed by atoms with Crippen LogP contribution in [0.15, 0.2) is 48.8 Å². The fourth-order valence-corrected chi connectivity index (χ4v) is 1.78. The van der Waals surface area contributed by atoms with E-state index < -0.39 is 0 Å². The number of benzene rings is 1. The lowest BCUT2D eigenvalue weighted by molar-refractivity contribution is 0.414. The fourth-order valence-electron chi connectivity index (χ4n) is 1.78. The predicted octanol–water partition coefficient (Wildman–Crippen LogP) is 2.33. The molecule has 1 heterocycles. The third-order valence-electron chi connectivity index (χ3n) is 2.72. The molecule has 0 saturated carbocycles. The van der Waals surface area contributed by atoms with Crippen molar-refractivity contribution in [2.75, 3.05) is 7.11 Å². The average Bonchev–Trinajstić information content (AvgIpc) is 2.40. The van der Waals surface area contributed by atoms with E-state index in [0.29, 0.717) is 0 Å². The molecule has 0 aliphatic rings. The molecule has 2 N–H and O–H groups in total. The van der Waals surface area contributed by atoms with Crippen LogP contribution < -0.4 is 10.5 Å². The van der Waals surface area contributed by atoms with Gasteiger partial charge < -0.3 is 10.5 Å². The molecule has 0 spiro atoms. The van der Waals surface area contributed by atoms with Crippen LogP contribution in [0.25, 0.3) is 0 Å². The second kappa shape index (κ2) is 5.46. The molecule has 0 saturated heterocycles. The number of nitrogens with two attached hydrogens (primary N) is 1. The Morgan fingerprint density at radius 1 is 1.24 bits per heavy atom. The SMILES string of the molecule is COc1cccc(CC(N)c2ccncc2)c1. The molecule has 1 unspecified atom stereocenters. The minimum Gasteiger partial charge on any atom is -0.497 e. The van der Waals surface area contributed by atoms with Gasteiger partial charge in [0.1, 0.15) is 5.75 Å². The molecule has 0 aliphatic carbocycles. The normalized spacial score (nSPS) is 12.1. The summed E-state index contributed by atoms with van der Waals surface area (Å²) in [5, 5.41) is 0. The Hall–Kier alpha value is -1.87. The first-order valence-corrected chi connectivity index (χ1v) is 5.58. The molecule has 88 valence electrons. The van der Waals surface area contributed by atoms with Crippen LogP contribution in [-0.2, 0) is 6.42 Å². The van der Waals surface area contributed by atoms with Crippen molar-refractivity contribution in [3.05, 3.63) is 59.9 Å². The largest absolute Gasteiger partial charge is 0.497 e. The van der Waals surface area contributed by atoms with Crippen molar-refractivity contribution in [2.24, 2.45) is 5.73 Å². The van der Waals surface area contributed by atoms with Crippen LogP contribution in [-0.4, -0.2) is 12.1 Å². The monoisotopic (exact) mass is 228 g/mol. The smallest absolute Gasteiger partial charge is 0.119 e. The summed E-state index contributed by atoms with van der Waals surface area (Å²) in [6.07, 6.45) is 4.32. The summed E-state index contributed by atoms with van der Waals surface area (Å²) < 4.78 is 5.19. The number of rotatable bonds is 4. The van der Waals surface area contributed by atoms with Gasteiger partial charge in [-0.05, 0) is 41.8 Å². The average molecular weight is 228 g/mol. The summed E-state index contributed by atoms with van der Waals surface area (Å²) in [5.41, 5.74) is 8.42. The lowest BCUT2D eigenvalue weighted by Gasteiger charge is -2.12. The number of ether oxygens (including phenoxy) is 1. The summed E-state index contributed by atoms with van der Waals surface area (Å²) >= 11 is 0. The van der Waals surface area contributed by atoms with E-state index in [4.69, 9.17) is 10.5 Å². The first-order chi connectivity index (χ1) is 8.29. The van der Waals surface area contributed by atoms with Crippen molar-refractivity contribution >= 4 is 0 Å². The van der Waals surface area contributed by atoms with E-state index in [1.807, 2.05) is 30.3 Å². The summed E-state index contributed by atoms with van der Waals surface area (Å²) in [7, 11) is 1.67. The van der Waals surface area contributed by atoms with Gasteiger partial charge in [0.05, 0.1) is 7.11 Å². The molecule has 3 heteroatoms. The molecule has 2 aromatic rings. The van der Waals surface area contributed by atoms with E-state index in [1.165, 1.54) is 5.56 Å². The van der Waals surface area contributed by atoms with E-state index >= 15 is 0 Å². The molecule has 0 aliphatic heterocycles. The van der Waals surface area contributed by atoms with Crippen molar-refractivity contribution in [3.8, 4) is 5.75 Å². The minimum absolute atomic E-state index is 0.00916. The van der Waals surface area contributed by atoms with E-state index in [0.717, 1.165) is 17.7 Å². The van der Waals surface area contributed by atoms with Crippen molar-refractivity contribution in [3.63, 3.8) is 0 Å². The zero-order valence-corrected chi connectivity index (χ0v) is 9.84.